The second kappa shape index (κ2) is 20.8. The molecule has 0 amide bonds. The van der Waals surface area contributed by atoms with E-state index < -0.39 is 0 Å². The van der Waals surface area contributed by atoms with Gasteiger partial charge in [-0.15, -0.1) is 0 Å². The largest absolute Gasteiger partial charge is 0.469 e. The van der Waals surface area contributed by atoms with Gasteiger partial charge in [-0.25, -0.2) is 0 Å². The molecule has 0 fully saturated rings. The van der Waals surface area contributed by atoms with Gasteiger partial charge < -0.3 is 34.2 Å². The average molecular weight is 475 g/mol. The van der Waals surface area contributed by atoms with E-state index in [-0.39, 0.29) is 17.9 Å². The van der Waals surface area contributed by atoms with E-state index in [1.807, 2.05) is 0 Å². The van der Waals surface area contributed by atoms with Crippen molar-refractivity contribution < 1.29 is 28.6 Å². The van der Waals surface area contributed by atoms with E-state index in [4.69, 9.17) is 9.47 Å². The number of rotatable bonds is 21. The summed E-state index contributed by atoms with van der Waals surface area (Å²) in [4.78, 5) is 41.1. The second-order valence-corrected chi connectivity index (χ2v) is 7.79. The van der Waals surface area contributed by atoms with E-state index in [0.29, 0.717) is 38.9 Å². The summed E-state index contributed by atoms with van der Waals surface area (Å²) in [6, 6.07) is 0. The maximum Gasteiger partial charge on any atom is 0.306 e. The fraction of sp³-hybridized carbons (Fsp3) is 0.870. The normalized spacial score (nSPS) is 11.3. The first-order valence-corrected chi connectivity index (χ1v) is 12.0. The highest BCUT2D eigenvalue weighted by Gasteiger charge is 2.13. The summed E-state index contributed by atoms with van der Waals surface area (Å²) in [5.74, 6) is -0.682. The first-order valence-electron chi connectivity index (χ1n) is 12.0. The Morgan fingerprint density at radius 1 is 0.576 bits per heavy atom. The molecule has 33 heavy (non-hydrogen) atoms. The van der Waals surface area contributed by atoms with Gasteiger partial charge in [0, 0.05) is 45.8 Å². The Morgan fingerprint density at radius 2 is 1.03 bits per heavy atom. The summed E-state index contributed by atoms with van der Waals surface area (Å²) in [6.45, 7) is 13.5. The maximum absolute atomic E-state index is 11.5. The Kier molecular flexibility index (Phi) is 19.7. The summed E-state index contributed by atoms with van der Waals surface area (Å²) in [5, 5.41) is 3.28. The molecule has 0 saturated carbocycles. The van der Waals surface area contributed by atoms with Crippen LogP contribution in [0, 0.1) is 0 Å². The first-order chi connectivity index (χ1) is 15.9. The molecule has 0 saturated heterocycles. The van der Waals surface area contributed by atoms with Crippen molar-refractivity contribution in [3.05, 3.63) is 0 Å². The highest BCUT2D eigenvalue weighted by atomic mass is 16.5. The van der Waals surface area contributed by atoms with E-state index in [1.54, 1.807) is 0 Å². The molecule has 194 valence electrons. The fourth-order valence-corrected chi connectivity index (χ4v) is 3.35. The molecule has 0 aromatic rings. The predicted octanol–water partition coefficient (Wildman–Crippen LogP) is 0.601. The fourth-order valence-electron chi connectivity index (χ4n) is 3.35. The van der Waals surface area contributed by atoms with Gasteiger partial charge in [0.2, 0.25) is 0 Å². The molecule has 10 nitrogen and oxygen atoms in total. The molecule has 0 rings (SSSR count). The number of nitrogens with one attached hydrogen (secondary N) is 1. The van der Waals surface area contributed by atoms with E-state index >= 15 is 0 Å². The van der Waals surface area contributed by atoms with Gasteiger partial charge in [0.05, 0.1) is 40.6 Å². The van der Waals surface area contributed by atoms with Crippen molar-refractivity contribution in [2.75, 3.05) is 93.3 Å². The van der Waals surface area contributed by atoms with Crippen LogP contribution in [-0.4, -0.2) is 126 Å². The zero-order valence-corrected chi connectivity index (χ0v) is 21.4. The van der Waals surface area contributed by atoms with Gasteiger partial charge in [-0.3, -0.25) is 14.4 Å². The Labute approximate surface area is 199 Å². The van der Waals surface area contributed by atoms with Crippen molar-refractivity contribution in [1.82, 2.24) is 20.0 Å². The molecule has 0 heterocycles. The highest BCUT2D eigenvalue weighted by molar-refractivity contribution is 5.70. The van der Waals surface area contributed by atoms with Crippen LogP contribution in [0.3, 0.4) is 0 Å². The molecule has 0 aromatic heterocycles. The summed E-state index contributed by atoms with van der Waals surface area (Å²) >= 11 is 0. The van der Waals surface area contributed by atoms with E-state index in [1.165, 1.54) is 21.3 Å². The van der Waals surface area contributed by atoms with Crippen LogP contribution < -0.4 is 5.32 Å². The highest BCUT2D eigenvalue weighted by Crippen LogP contribution is 2.01. The molecule has 0 aromatic carbocycles. The molecule has 0 atom stereocenters. The van der Waals surface area contributed by atoms with Crippen molar-refractivity contribution in [2.24, 2.45) is 0 Å². The number of methoxy groups -OCH3 is 3. The number of carbonyl (C=O) groups is 3. The van der Waals surface area contributed by atoms with E-state index in [9.17, 15) is 14.4 Å². The minimum absolute atomic E-state index is 0.191. The van der Waals surface area contributed by atoms with Crippen LogP contribution in [0.15, 0.2) is 0 Å². The third-order valence-corrected chi connectivity index (χ3v) is 5.63. The molecule has 0 aliphatic carbocycles. The quantitative estimate of drug-likeness (QED) is 0.145. The van der Waals surface area contributed by atoms with Crippen LogP contribution in [-0.2, 0) is 28.6 Å². The monoisotopic (exact) mass is 474 g/mol. The van der Waals surface area contributed by atoms with Gasteiger partial charge in [-0.2, -0.15) is 0 Å². The summed E-state index contributed by atoms with van der Waals surface area (Å²) in [6.07, 6.45) is 2.07. The van der Waals surface area contributed by atoms with Crippen LogP contribution in [0.25, 0.3) is 0 Å². The molecular formula is C23H46N4O6. The van der Waals surface area contributed by atoms with Gasteiger partial charge in [-0.1, -0.05) is 13.8 Å². The maximum atomic E-state index is 11.5. The third-order valence-electron chi connectivity index (χ3n) is 5.63. The summed E-state index contributed by atoms with van der Waals surface area (Å²) < 4.78 is 14.1. The number of likely N-dealkylation sites (N-methyl/N-ethyl adjacent to an activating group) is 2. The lowest BCUT2D eigenvalue weighted by atomic mass is 10.3. The lowest BCUT2D eigenvalue weighted by molar-refractivity contribution is -0.142. The summed E-state index contributed by atoms with van der Waals surface area (Å²) in [5.41, 5.74) is 0. The van der Waals surface area contributed by atoms with E-state index in [2.05, 4.69) is 38.6 Å². The number of hydrogen-bond acceptors (Lipinski definition) is 10. The second-order valence-electron chi connectivity index (χ2n) is 7.79. The molecular weight excluding hydrogens is 428 g/mol. The molecule has 0 aliphatic heterocycles. The van der Waals surface area contributed by atoms with Gasteiger partial charge in [0.15, 0.2) is 0 Å². The Hall–Kier alpha value is -1.75. The lowest BCUT2D eigenvalue weighted by Crippen LogP contribution is -2.39. The standard InChI is InChI=1S/C23H46N4O6/c1-6-25(18-13-24-12-9-21(28)31-3)14-8-15-26(7-2)19-20-27(16-10-22(29)32-4)17-11-23(30)33-5/h24H,6-20H2,1-5H3. The Bertz CT molecular complexity index is 515. The van der Waals surface area contributed by atoms with Gasteiger partial charge in [-0.05, 0) is 32.6 Å². The smallest absolute Gasteiger partial charge is 0.306 e. The average Bonchev–Trinajstić information content (AvgIpc) is 2.84. The van der Waals surface area contributed by atoms with Crippen molar-refractivity contribution in [2.45, 2.75) is 39.5 Å². The van der Waals surface area contributed by atoms with Crippen LogP contribution in [0.2, 0.25) is 0 Å². The van der Waals surface area contributed by atoms with Crippen LogP contribution >= 0.6 is 0 Å². The molecule has 0 aliphatic rings. The van der Waals surface area contributed by atoms with Gasteiger partial charge >= 0.3 is 17.9 Å². The summed E-state index contributed by atoms with van der Waals surface area (Å²) in [7, 11) is 4.18. The number of ether oxygens (including phenoxy) is 3. The molecule has 1 N–H and O–H groups in total. The zero-order chi connectivity index (χ0) is 24.9. The van der Waals surface area contributed by atoms with Crippen molar-refractivity contribution in [3.63, 3.8) is 0 Å². The Balaban J connectivity index is 4.30. The zero-order valence-electron chi connectivity index (χ0n) is 21.4. The number of nitrogens with zero attached hydrogens (tertiary/aromatic N) is 3. The van der Waals surface area contributed by atoms with Gasteiger partial charge in [0.1, 0.15) is 0 Å². The number of carbonyl (C=O) groups excluding carboxylic acids is 3. The van der Waals surface area contributed by atoms with Gasteiger partial charge in [0.25, 0.3) is 0 Å². The van der Waals surface area contributed by atoms with Crippen molar-refractivity contribution >= 4 is 17.9 Å². The van der Waals surface area contributed by atoms with Crippen LogP contribution in [0.1, 0.15) is 39.5 Å². The number of hydrogen-bond donors (Lipinski definition) is 1. The molecule has 0 bridgehead atoms. The van der Waals surface area contributed by atoms with Crippen molar-refractivity contribution in [1.29, 1.82) is 0 Å². The molecule has 10 heteroatoms. The SMILES string of the molecule is CCN(CCCN(CC)CCN(CCC(=O)OC)CCC(=O)OC)CCNCCC(=O)OC. The predicted molar refractivity (Wildman–Crippen MR) is 128 cm³/mol. The minimum atomic E-state index is -0.246. The van der Waals surface area contributed by atoms with Crippen molar-refractivity contribution in [3.8, 4) is 0 Å². The molecule has 0 spiro atoms. The molecule has 0 radical (unpaired) electrons. The lowest BCUT2D eigenvalue weighted by Gasteiger charge is -2.27. The topological polar surface area (TPSA) is 101 Å². The third kappa shape index (κ3) is 17.4. The molecule has 0 unspecified atom stereocenters. The van der Waals surface area contributed by atoms with Crippen LogP contribution in [0.4, 0.5) is 0 Å². The van der Waals surface area contributed by atoms with E-state index in [0.717, 1.165) is 58.8 Å². The minimum Gasteiger partial charge on any atom is -0.469 e. The first kappa shape index (κ1) is 31.2. The Morgan fingerprint density at radius 3 is 1.52 bits per heavy atom. The number of esters is 3. The van der Waals surface area contributed by atoms with Crippen LogP contribution in [0.5, 0.6) is 0 Å².